The van der Waals surface area contributed by atoms with Crippen molar-refractivity contribution in [3.63, 3.8) is 0 Å². The van der Waals surface area contributed by atoms with E-state index in [2.05, 4.69) is 15.4 Å². The first kappa shape index (κ1) is 10.9. The molecule has 0 fully saturated rings. The molecule has 0 saturated carbocycles. The van der Waals surface area contributed by atoms with Crippen molar-refractivity contribution in [1.82, 2.24) is 9.97 Å². The van der Waals surface area contributed by atoms with Crippen molar-refractivity contribution in [3.05, 3.63) is 46.5 Å². The van der Waals surface area contributed by atoms with Gasteiger partial charge in [-0.2, -0.15) is 5.26 Å². The predicted molar refractivity (Wildman–Crippen MR) is 62.8 cm³/mol. The summed E-state index contributed by atoms with van der Waals surface area (Å²) in [6.45, 7) is 0. The second-order valence-corrected chi connectivity index (χ2v) is 3.32. The van der Waals surface area contributed by atoms with E-state index in [1.165, 1.54) is 12.3 Å². The summed E-state index contributed by atoms with van der Waals surface area (Å²) in [5.41, 5.74) is 3.60. The molecule has 6 nitrogen and oxygen atoms in total. The van der Waals surface area contributed by atoms with Crippen LogP contribution < -0.4 is 16.8 Å². The quantitative estimate of drug-likeness (QED) is 0.514. The third kappa shape index (κ3) is 2.14. The van der Waals surface area contributed by atoms with Gasteiger partial charge in [-0.05, 0) is 18.2 Å². The van der Waals surface area contributed by atoms with Gasteiger partial charge < -0.3 is 10.4 Å². The number of nitrogen functional groups attached to an aromatic ring is 1. The first-order valence-electron chi connectivity index (χ1n) is 4.80. The van der Waals surface area contributed by atoms with Crippen molar-refractivity contribution in [2.24, 2.45) is 5.84 Å². The van der Waals surface area contributed by atoms with E-state index in [1.807, 2.05) is 6.07 Å². The Morgan fingerprint density at radius 2 is 2.24 bits per heavy atom. The van der Waals surface area contributed by atoms with Crippen LogP contribution in [0.5, 0.6) is 0 Å². The van der Waals surface area contributed by atoms with Crippen molar-refractivity contribution < 1.29 is 0 Å². The number of aromatic amines is 1. The highest BCUT2D eigenvalue weighted by Gasteiger charge is 2.03. The summed E-state index contributed by atoms with van der Waals surface area (Å²) in [5, 5.41) is 8.76. The molecule has 6 heteroatoms. The summed E-state index contributed by atoms with van der Waals surface area (Å²) in [6.07, 6.45) is 3.14. The van der Waals surface area contributed by atoms with E-state index in [9.17, 15) is 4.79 Å². The Hall–Kier alpha value is -2.65. The standard InChI is InChI=1S/C11H9N5O/c12-4-8-3-9(6-15-11(8)17)7-1-2-10(16-13)14-5-7/h1-3,5-6H,13H2,(H,14,16)(H,15,17). The van der Waals surface area contributed by atoms with Crippen LogP contribution in [0.25, 0.3) is 11.1 Å². The summed E-state index contributed by atoms with van der Waals surface area (Å²) >= 11 is 0. The lowest BCUT2D eigenvalue weighted by atomic mass is 10.1. The Balaban J connectivity index is 2.46. The lowest BCUT2D eigenvalue weighted by molar-refractivity contribution is 1.20. The summed E-state index contributed by atoms with van der Waals surface area (Å²) in [4.78, 5) is 17.8. The molecular weight excluding hydrogens is 218 g/mol. The van der Waals surface area contributed by atoms with Crippen LogP contribution in [0, 0.1) is 11.3 Å². The molecule has 0 spiro atoms. The van der Waals surface area contributed by atoms with Crippen LogP contribution in [0.15, 0.2) is 35.4 Å². The molecule has 2 aromatic heterocycles. The topological polar surface area (TPSA) is 108 Å². The van der Waals surface area contributed by atoms with E-state index >= 15 is 0 Å². The number of hydrogen-bond donors (Lipinski definition) is 3. The van der Waals surface area contributed by atoms with Crippen LogP contribution in [-0.2, 0) is 0 Å². The second-order valence-electron chi connectivity index (χ2n) is 3.32. The Morgan fingerprint density at radius 3 is 2.82 bits per heavy atom. The van der Waals surface area contributed by atoms with Crippen molar-refractivity contribution in [2.75, 3.05) is 5.43 Å². The number of nitrogens with two attached hydrogens (primary N) is 1. The molecule has 2 rings (SSSR count). The Kier molecular flexibility index (Phi) is 2.85. The number of anilines is 1. The molecule has 0 amide bonds. The monoisotopic (exact) mass is 227 g/mol. The number of nitrogens with zero attached hydrogens (tertiary/aromatic N) is 2. The van der Waals surface area contributed by atoms with Crippen molar-refractivity contribution in [3.8, 4) is 17.2 Å². The van der Waals surface area contributed by atoms with E-state index < -0.39 is 5.56 Å². The summed E-state index contributed by atoms with van der Waals surface area (Å²) < 4.78 is 0. The molecule has 0 aliphatic carbocycles. The average Bonchev–Trinajstić information content (AvgIpc) is 2.39. The fourth-order valence-corrected chi connectivity index (χ4v) is 1.38. The van der Waals surface area contributed by atoms with Gasteiger partial charge in [-0.3, -0.25) is 4.79 Å². The summed E-state index contributed by atoms with van der Waals surface area (Å²) in [5.74, 6) is 5.74. The van der Waals surface area contributed by atoms with E-state index in [0.29, 0.717) is 5.82 Å². The maximum absolute atomic E-state index is 11.2. The fourth-order valence-electron chi connectivity index (χ4n) is 1.38. The van der Waals surface area contributed by atoms with Crippen LogP contribution in [0.1, 0.15) is 5.56 Å². The third-order valence-electron chi connectivity index (χ3n) is 2.27. The maximum Gasteiger partial charge on any atom is 0.265 e. The van der Waals surface area contributed by atoms with Gasteiger partial charge in [0, 0.05) is 23.5 Å². The number of hydrogen-bond acceptors (Lipinski definition) is 5. The number of nitriles is 1. The zero-order chi connectivity index (χ0) is 12.3. The molecule has 0 aromatic carbocycles. The van der Waals surface area contributed by atoms with Gasteiger partial charge in [0.2, 0.25) is 0 Å². The molecule has 0 saturated heterocycles. The SMILES string of the molecule is N#Cc1cc(-c2ccc(NN)nc2)c[nH]c1=O. The lowest BCUT2D eigenvalue weighted by Gasteiger charge is -2.02. The number of H-pyrrole nitrogens is 1. The van der Waals surface area contributed by atoms with Gasteiger partial charge in [-0.1, -0.05) is 0 Å². The van der Waals surface area contributed by atoms with Crippen LogP contribution in [0.3, 0.4) is 0 Å². The Morgan fingerprint density at radius 1 is 1.41 bits per heavy atom. The third-order valence-corrected chi connectivity index (χ3v) is 2.27. The molecule has 0 unspecified atom stereocenters. The first-order chi connectivity index (χ1) is 8.24. The molecule has 0 radical (unpaired) electrons. The molecule has 0 aliphatic rings. The summed E-state index contributed by atoms with van der Waals surface area (Å²) in [7, 11) is 0. The van der Waals surface area contributed by atoms with Crippen LogP contribution in [-0.4, -0.2) is 9.97 Å². The van der Waals surface area contributed by atoms with Crippen LogP contribution >= 0.6 is 0 Å². The van der Waals surface area contributed by atoms with E-state index in [-0.39, 0.29) is 5.56 Å². The van der Waals surface area contributed by atoms with Gasteiger partial charge in [-0.25, -0.2) is 10.8 Å². The summed E-state index contributed by atoms with van der Waals surface area (Å²) in [6, 6.07) is 6.84. The minimum Gasteiger partial charge on any atom is -0.327 e. The number of pyridine rings is 2. The molecule has 2 aromatic rings. The number of hydrazine groups is 1. The van der Waals surface area contributed by atoms with Crippen molar-refractivity contribution in [1.29, 1.82) is 5.26 Å². The van der Waals surface area contributed by atoms with E-state index in [0.717, 1.165) is 11.1 Å². The number of rotatable bonds is 2. The predicted octanol–water partition coefficient (Wildman–Crippen LogP) is 0.594. The zero-order valence-electron chi connectivity index (χ0n) is 8.77. The molecule has 0 atom stereocenters. The van der Waals surface area contributed by atoms with E-state index in [4.69, 9.17) is 11.1 Å². The zero-order valence-corrected chi connectivity index (χ0v) is 8.77. The highest BCUT2D eigenvalue weighted by atomic mass is 16.1. The molecule has 0 aliphatic heterocycles. The normalized spacial score (nSPS) is 9.65. The lowest BCUT2D eigenvalue weighted by Crippen LogP contribution is -2.09. The first-order valence-corrected chi connectivity index (χ1v) is 4.80. The largest absolute Gasteiger partial charge is 0.327 e. The molecule has 0 bridgehead atoms. The Labute approximate surface area is 96.7 Å². The van der Waals surface area contributed by atoms with Gasteiger partial charge >= 0.3 is 0 Å². The fraction of sp³-hybridized carbons (Fsp3) is 0. The molecule has 17 heavy (non-hydrogen) atoms. The van der Waals surface area contributed by atoms with E-state index in [1.54, 1.807) is 18.3 Å². The van der Waals surface area contributed by atoms with Crippen LogP contribution in [0.2, 0.25) is 0 Å². The number of nitrogens with one attached hydrogen (secondary N) is 2. The van der Waals surface area contributed by atoms with Gasteiger partial charge in [0.1, 0.15) is 17.5 Å². The van der Waals surface area contributed by atoms with Gasteiger partial charge in [0.05, 0.1) is 0 Å². The Bertz CT molecular complexity index is 624. The van der Waals surface area contributed by atoms with Gasteiger partial charge in [-0.15, -0.1) is 0 Å². The highest BCUT2D eigenvalue weighted by Crippen LogP contribution is 2.18. The van der Waals surface area contributed by atoms with Crippen molar-refractivity contribution >= 4 is 5.82 Å². The molecule has 2 heterocycles. The average molecular weight is 227 g/mol. The molecule has 4 N–H and O–H groups in total. The highest BCUT2D eigenvalue weighted by molar-refractivity contribution is 5.64. The van der Waals surface area contributed by atoms with Gasteiger partial charge in [0.15, 0.2) is 0 Å². The molecule has 84 valence electrons. The smallest absolute Gasteiger partial charge is 0.265 e. The number of aromatic nitrogens is 2. The van der Waals surface area contributed by atoms with Crippen molar-refractivity contribution in [2.45, 2.75) is 0 Å². The second kappa shape index (κ2) is 4.47. The minimum atomic E-state index is -0.399. The van der Waals surface area contributed by atoms with Crippen LogP contribution in [0.4, 0.5) is 5.82 Å². The minimum absolute atomic E-state index is 0.0727. The molecular formula is C11H9N5O. The van der Waals surface area contributed by atoms with Gasteiger partial charge in [0.25, 0.3) is 5.56 Å². The maximum atomic E-state index is 11.2.